The zero-order chi connectivity index (χ0) is 21.3. The number of hydrogen-bond acceptors (Lipinski definition) is 4. The molecule has 0 radical (unpaired) electrons. The van der Waals surface area contributed by atoms with Crippen LogP contribution in [-0.2, 0) is 11.2 Å². The first kappa shape index (κ1) is 21.2. The molecule has 2 amide bonds. The molecule has 6 heteroatoms. The summed E-state index contributed by atoms with van der Waals surface area (Å²) in [6, 6.07) is 20.4. The second kappa shape index (κ2) is 10.3. The number of benzene rings is 2. The molecule has 0 saturated carbocycles. The smallest absolute Gasteiger partial charge is 0.257 e. The minimum Gasteiger partial charge on any atom is -0.324 e. The van der Waals surface area contributed by atoms with E-state index >= 15 is 0 Å². The molecule has 30 heavy (non-hydrogen) atoms. The molecule has 0 aliphatic carbocycles. The van der Waals surface area contributed by atoms with Crippen LogP contribution < -0.4 is 10.6 Å². The van der Waals surface area contributed by atoms with Gasteiger partial charge in [-0.05, 0) is 55.9 Å². The van der Waals surface area contributed by atoms with Crippen molar-refractivity contribution in [3.8, 4) is 0 Å². The van der Waals surface area contributed by atoms with Crippen molar-refractivity contribution in [3.05, 3.63) is 89.7 Å². The van der Waals surface area contributed by atoms with E-state index in [1.807, 2.05) is 61.3 Å². The Labute approximate surface area is 177 Å². The molecule has 0 aliphatic rings. The summed E-state index contributed by atoms with van der Waals surface area (Å²) < 4.78 is 0. The number of rotatable bonds is 8. The number of para-hydroxylation sites is 1. The average Bonchev–Trinajstić information content (AvgIpc) is 2.73. The highest BCUT2D eigenvalue weighted by Crippen LogP contribution is 2.18. The van der Waals surface area contributed by atoms with E-state index in [0.717, 1.165) is 23.4 Å². The highest BCUT2D eigenvalue weighted by molar-refractivity contribution is 6.10. The lowest BCUT2D eigenvalue weighted by atomic mass is 10.1. The summed E-state index contributed by atoms with van der Waals surface area (Å²) in [6.45, 7) is 2.90. The van der Waals surface area contributed by atoms with Crippen molar-refractivity contribution in [1.29, 1.82) is 0 Å². The van der Waals surface area contributed by atoms with Gasteiger partial charge in [-0.1, -0.05) is 30.3 Å². The molecule has 3 aromatic rings. The number of carbonyl (C=O) groups excluding carboxylic acids is 2. The molecule has 0 aliphatic heterocycles. The van der Waals surface area contributed by atoms with Gasteiger partial charge in [-0.2, -0.15) is 0 Å². The standard InChI is InChI=1S/C24H26N4O2/c1-18-8-7-10-20(16-18)26-24(30)21-11-3-4-12-22(21)27-23(29)17-28(2)15-13-19-9-5-6-14-25-19/h3-12,14,16H,13,15,17H2,1-2H3,(H,26,30)(H,27,29). The van der Waals surface area contributed by atoms with Crippen LogP contribution in [0.2, 0.25) is 0 Å². The number of likely N-dealkylation sites (N-methyl/N-ethyl adjacent to an activating group) is 1. The molecule has 0 atom stereocenters. The Balaban J connectivity index is 1.58. The number of pyridine rings is 1. The van der Waals surface area contributed by atoms with E-state index in [4.69, 9.17) is 0 Å². The minimum absolute atomic E-state index is 0.172. The Morgan fingerprint density at radius 1 is 0.967 bits per heavy atom. The van der Waals surface area contributed by atoms with Crippen molar-refractivity contribution < 1.29 is 9.59 Å². The van der Waals surface area contributed by atoms with Gasteiger partial charge in [-0.15, -0.1) is 0 Å². The van der Waals surface area contributed by atoms with Crippen molar-refractivity contribution in [2.75, 3.05) is 30.8 Å². The van der Waals surface area contributed by atoms with Gasteiger partial charge in [-0.3, -0.25) is 19.5 Å². The lowest BCUT2D eigenvalue weighted by Crippen LogP contribution is -2.32. The normalized spacial score (nSPS) is 10.6. The first-order valence-corrected chi connectivity index (χ1v) is 9.86. The molecule has 2 aromatic carbocycles. The summed E-state index contributed by atoms with van der Waals surface area (Å²) in [4.78, 5) is 31.5. The molecule has 2 N–H and O–H groups in total. The number of nitrogens with one attached hydrogen (secondary N) is 2. The van der Waals surface area contributed by atoms with Crippen LogP contribution in [0.4, 0.5) is 11.4 Å². The summed E-state index contributed by atoms with van der Waals surface area (Å²) >= 11 is 0. The molecule has 6 nitrogen and oxygen atoms in total. The fourth-order valence-electron chi connectivity index (χ4n) is 3.08. The van der Waals surface area contributed by atoms with Gasteiger partial charge in [0.15, 0.2) is 0 Å². The Morgan fingerprint density at radius 3 is 2.53 bits per heavy atom. The summed E-state index contributed by atoms with van der Waals surface area (Å²) in [5, 5.41) is 5.74. The molecule has 3 rings (SSSR count). The number of amides is 2. The zero-order valence-corrected chi connectivity index (χ0v) is 17.3. The van der Waals surface area contributed by atoms with Crippen LogP contribution in [0.3, 0.4) is 0 Å². The number of anilines is 2. The lowest BCUT2D eigenvalue weighted by Gasteiger charge is -2.17. The highest BCUT2D eigenvalue weighted by Gasteiger charge is 2.14. The fourth-order valence-corrected chi connectivity index (χ4v) is 3.08. The van der Waals surface area contributed by atoms with Gasteiger partial charge < -0.3 is 10.6 Å². The summed E-state index contributed by atoms with van der Waals surface area (Å²) in [6.07, 6.45) is 2.53. The van der Waals surface area contributed by atoms with Gasteiger partial charge in [0.2, 0.25) is 5.91 Å². The molecular formula is C24H26N4O2. The Kier molecular flexibility index (Phi) is 7.29. The average molecular weight is 402 g/mol. The monoisotopic (exact) mass is 402 g/mol. The predicted octanol–water partition coefficient (Wildman–Crippen LogP) is 3.76. The molecule has 0 fully saturated rings. The van der Waals surface area contributed by atoms with Crippen LogP contribution in [0, 0.1) is 6.92 Å². The van der Waals surface area contributed by atoms with E-state index in [1.165, 1.54) is 0 Å². The second-order valence-corrected chi connectivity index (χ2v) is 7.23. The molecular weight excluding hydrogens is 376 g/mol. The van der Waals surface area contributed by atoms with Gasteiger partial charge in [-0.25, -0.2) is 0 Å². The molecule has 1 aromatic heterocycles. The second-order valence-electron chi connectivity index (χ2n) is 7.23. The van der Waals surface area contributed by atoms with Crippen molar-refractivity contribution >= 4 is 23.2 Å². The predicted molar refractivity (Wildman–Crippen MR) is 120 cm³/mol. The third-order valence-corrected chi connectivity index (χ3v) is 4.61. The summed E-state index contributed by atoms with van der Waals surface area (Å²) in [5.74, 6) is -0.436. The Hall–Kier alpha value is -3.51. The largest absolute Gasteiger partial charge is 0.324 e. The number of hydrogen-bond donors (Lipinski definition) is 2. The van der Waals surface area contributed by atoms with E-state index in [9.17, 15) is 9.59 Å². The number of aromatic nitrogens is 1. The first-order chi connectivity index (χ1) is 14.5. The van der Waals surface area contributed by atoms with E-state index in [0.29, 0.717) is 17.8 Å². The first-order valence-electron chi connectivity index (χ1n) is 9.86. The van der Waals surface area contributed by atoms with Gasteiger partial charge in [0.1, 0.15) is 0 Å². The van der Waals surface area contributed by atoms with E-state index in [-0.39, 0.29) is 18.4 Å². The van der Waals surface area contributed by atoms with Crippen LogP contribution >= 0.6 is 0 Å². The van der Waals surface area contributed by atoms with Crippen molar-refractivity contribution in [2.45, 2.75) is 13.3 Å². The number of nitrogens with zero attached hydrogens (tertiary/aromatic N) is 2. The molecule has 0 saturated heterocycles. The molecule has 1 heterocycles. The maximum atomic E-state index is 12.7. The zero-order valence-electron chi connectivity index (χ0n) is 17.3. The fraction of sp³-hybridized carbons (Fsp3) is 0.208. The SMILES string of the molecule is Cc1cccc(NC(=O)c2ccccc2NC(=O)CN(C)CCc2ccccn2)c1. The van der Waals surface area contributed by atoms with E-state index in [2.05, 4.69) is 15.6 Å². The van der Waals surface area contributed by atoms with Crippen molar-refractivity contribution in [3.63, 3.8) is 0 Å². The van der Waals surface area contributed by atoms with Gasteiger partial charge >= 0.3 is 0 Å². The third-order valence-electron chi connectivity index (χ3n) is 4.61. The Bertz CT molecular complexity index is 1000. The molecule has 0 bridgehead atoms. The lowest BCUT2D eigenvalue weighted by molar-refractivity contribution is -0.117. The Morgan fingerprint density at radius 2 is 1.77 bits per heavy atom. The summed E-state index contributed by atoms with van der Waals surface area (Å²) in [7, 11) is 1.89. The highest BCUT2D eigenvalue weighted by atomic mass is 16.2. The maximum absolute atomic E-state index is 12.7. The third kappa shape index (κ3) is 6.25. The van der Waals surface area contributed by atoms with Crippen LogP contribution in [0.5, 0.6) is 0 Å². The number of aryl methyl sites for hydroxylation is 1. The molecule has 0 unspecified atom stereocenters. The minimum atomic E-state index is -0.264. The molecule has 0 spiro atoms. The maximum Gasteiger partial charge on any atom is 0.257 e. The van der Waals surface area contributed by atoms with Gasteiger partial charge in [0.25, 0.3) is 5.91 Å². The van der Waals surface area contributed by atoms with Gasteiger partial charge in [0, 0.05) is 30.5 Å². The van der Waals surface area contributed by atoms with Crippen LogP contribution in [0.1, 0.15) is 21.6 Å². The quantitative estimate of drug-likeness (QED) is 0.602. The summed E-state index contributed by atoms with van der Waals surface area (Å²) in [5.41, 5.74) is 3.68. The van der Waals surface area contributed by atoms with Crippen molar-refractivity contribution in [2.24, 2.45) is 0 Å². The number of carbonyl (C=O) groups is 2. The van der Waals surface area contributed by atoms with Crippen LogP contribution in [-0.4, -0.2) is 41.8 Å². The topological polar surface area (TPSA) is 74.3 Å². The van der Waals surface area contributed by atoms with Crippen LogP contribution in [0.15, 0.2) is 72.9 Å². The van der Waals surface area contributed by atoms with E-state index in [1.54, 1.807) is 30.5 Å². The molecule has 154 valence electrons. The van der Waals surface area contributed by atoms with Crippen LogP contribution in [0.25, 0.3) is 0 Å². The van der Waals surface area contributed by atoms with Crippen molar-refractivity contribution in [1.82, 2.24) is 9.88 Å². The van der Waals surface area contributed by atoms with Gasteiger partial charge in [0.05, 0.1) is 17.8 Å². The van der Waals surface area contributed by atoms with E-state index < -0.39 is 0 Å².